The van der Waals surface area contributed by atoms with Crippen molar-refractivity contribution in [3.8, 4) is 11.8 Å². The second kappa shape index (κ2) is 19.3. The molecule has 0 bridgehead atoms. The monoisotopic (exact) mass is 351 g/mol. The van der Waals surface area contributed by atoms with E-state index in [1.807, 2.05) is 0 Å². The normalized spacial score (nSPS) is 11.8. The summed E-state index contributed by atoms with van der Waals surface area (Å²) in [4.78, 5) is 10.6. The molecule has 1 atom stereocenters. The third kappa shape index (κ3) is 19.2. The SMILES string of the molecule is CCC(CO)CCCCCCCCC#CCCCCCCCC(N)=O. The average Bonchev–Trinajstić information content (AvgIpc) is 2.60. The molecule has 0 aromatic rings. The summed E-state index contributed by atoms with van der Waals surface area (Å²) in [6.07, 6.45) is 18.2. The number of rotatable bonds is 17. The molecule has 0 spiro atoms. The predicted octanol–water partition coefficient (Wildman–Crippen LogP) is 5.35. The van der Waals surface area contributed by atoms with E-state index in [1.165, 1.54) is 64.2 Å². The summed E-state index contributed by atoms with van der Waals surface area (Å²) in [7, 11) is 0. The second-order valence-electron chi connectivity index (χ2n) is 7.20. The Balaban J connectivity index is 3.20. The van der Waals surface area contributed by atoms with Crippen LogP contribution in [-0.2, 0) is 4.79 Å². The van der Waals surface area contributed by atoms with Crippen molar-refractivity contribution in [3.05, 3.63) is 0 Å². The van der Waals surface area contributed by atoms with Crippen molar-refractivity contribution in [2.24, 2.45) is 11.7 Å². The molecule has 0 aliphatic heterocycles. The van der Waals surface area contributed by atoms with E-state index >= 15 is 0 Å². The van der Waals surface area contributed by atoms with Gasteiger partial charge in [0.05, 0.1) is 0 Å². The lowest BCUT2D eigenvalue weighted by Crippen LogP contribution is -2.09. The number of aliphatic hydroxyl groups is 1. The topological polar surface area (TPSA) is 63.3 Å². The Kier molecular flexibility index (Phi) is 18.5. The van der Waals surface area contributed by atoms with E-state index in [9.17, 15) is 4.79 Å². The molecule has 0 saturated carbocycles. The van der Waals surface area contributed by atoms with Gasteiger partial charge in [-0.25, -0.2) is 0 Å². The maximum Gasteiger partial charge on any atom is 0.217 e. The summed E-state index contributed by atoms with van der Waals surface area (Å²) >= 11 is 0. The molecule has 25 heavy (non-hydrogen) atoms. The number of hydrogen-bond acceptors (Lipinski definition) is 2. The highest BCUT2D eigenvalue weighted by Crippen LogP contribution is 2.14. The zero-order valence-corrected chi connectivity index (χ0v) is 16.5. The van der Waals surface area contributed by atoms with Gasteiger partial charge in [-0.3, -0.25) is 4.79 Å². The fourth-order valence-corrected chi connectivity index (χ4v) is 3.00. The number of carbonyl (C=O) groups is 1. The predicted molar refractivity (Wildman–Crippen MR) is 107 cm³/mol. The van der Waals surface area contributed by atoms with E-state index in [1.54, 1.807) is 0 Å². The van der Waals surface area contributed by atoms with Gasteiger partial charge < -0.3 is 10.8 Å². The molecule has 0 heterocycles. The van der Waals surface area contributed by atoms with E-state index in [0.717, 1.165) is 32.1 Å². The van der Waals surface area contributed by atoms with Gasteiger partial charge in [0.15, 0.2) is 0 Å². The highest BCUT2D eigenvalue weighted by Gasteiger charge is 2.03. The molecule has 0 saturated heterocycles. The fraction of sp³-hybridized carbons (Fsp3) is 0.864. The van der Waals surface area contributed by atoms with Crippen molar-refractivity contribution in [2.45, 2.75) is 110 Å². The number of hydrogen-bond donors (Lipinski definition) is 2. The molecule has 0 aromatic heterocycles. The van der Waals surface area contributed by atoms with Gasteiger partial charge in [0.1, 0.15) is 0 Å². The number of carbonyl (C=O) groups excluding carboxylic acids is 1. The van der Waals surface area contributed by atoms with Crippen molar-refractivity contribution < 1.29 is 9.90 Å². The fourth-order valence-electron chi connectivity index (χ4n) is 3.00. The van der Waals surface area contributed by atoms with Crippen LogP contribution in [0.4, 0.5) is 0 Å². The molecule has 1 amide bonds. The number of unbranched alkanes of at least 4 members (excludes halogenated alkanes) is 11. The first-order chi connectivity index (χ1) is 12.2. The van der Waals surface area contributed by atoms with Crippen LogP contribution in [0.1, 0.15) is 110 Å². The first-order valence-corrected chi connectivity index (χ1v) is 10.6. The summed E-state index contributed by atoms with van der Waals surface area (Å²) in [5.41, 5.74) is 5.11. The summed E-state index contributed by atoms with van der Waals surface area (Å²) in [5, 5.41) is 9.14. The quantitative estimate of drug-likeness (QED) is 0.274. The van der Waals surface area contributed by atoms with Crippen LogP contribution in [0.2, 0.25) is 0 Å². The zero-order chi connectivity index (χ0) is 18.6. The van der Waals surface area contributed by atoms with Crippen LogP contribution in [0.3, 0.4) is 0 Å². The van der Waals surface area contributed by atoms with Crippen LogP contribution in [0.15, 0.2) is 0 Å². The molecule has 0 aliphatic rings. The molecule has 0 aliphatic carbocycles. The van der Waals surface area contributed by atoms with Crippen LogP contribution in [0.25, 0.3) is 0 Å². The van der Waals surface area contributed by atoms with Gasteiger partial charge in [-0.2, -0.15) is 0 Å². The van der Waals surface area contributed by atoms with Crippen molar-refractivity contribution >= 4 is 5.91 Å². The van der Waals surface area contributed by atoms with Gasteiger partial charge in [-0.05, 0) is 31.6 Å². The Bertz CT molecular complexity index is 353. The number of amides is 1. The summed E-state index contributed by atoms with van der Waals surface area (Å²) in [5.74, 6) is 6.92. The number of nitrogens with two attached hydrogens (primary N) is 1. The summed E-state index contributed by atoms with van der Waals surface area (Å²) in [6, 6.07) is 0. The number of primary amides is 1. The molecule has 3 heteroatoms. The molecular weight excluding hydrogens is 310 g/mol. The molecule has 0 rings (SSSR count). The van der Waals surface area contributed by atoms with Gasteiger partial charge in [0.25, 0.3) is 0 Å². The lowest BCUT2D eigenvalue weighted by atomic mass is 9.99. The highest BCUT2D eigenvalue weighted by atomic mass is 16.3. The minimum atomic E-state index is -0.183. The first-order valence-electron chi connectivity index (χ1n) is 10.6. The van der Waals surface area contributed by atoms with Crippen molar-refractivity contribution in [3.63, 3.8) is 0 Å². The van der Waals surface area contributed by atoms with Crippen molar-refractivity contribution in [1.29, 1.82) is 0 Å². The summed E-state index contributed by atoms with van der Waals surface area (Å²) < 4.78 is 0. The van der Waals surface area contributed by atoms with Crippen molar-refractivity contribution in [1.82, 2.24) is 0 Å². The van der Waals surface area contributed by atoms with Crippen LogP contribution < -0.4 is 5.73 Å². The van der Waals surface area contributed by atoms with Crippen LogP contribution >= 0.6 is 0 Å². The average molecular weight is 352 g/mol. The van der Waals surface area contributed by atoms with E-state index in [2.05, 4.69) is 18.8 Å². The lowest BCUT2D eigenvalue weighted by Gasteiger charge is -2.10. The highest BCUT2D eigenvalue weighted by molar-refractivity contribution is 5.73. The Morgan fingerprint density at radius 2 is 1.32 bits per heavy atom. The molecule has 0 radical (unpaired) electrons. The first kappa shape index (κ1) is 24.0. The smallest absolute Gasteiger partial charge is 0.217 e. The Morgan fingerprint density at radius 3 is 1.80 bits per heavy atom. The maximum absolute atomic E-state index is 10.6. The molecule has 146 valence electrons. The minimum absolute atomic E-state index is 0.183. The van der Waals surface area contributed by atoms with Crippen molar-refractivity contribution in [2.75, 3.05) is 6.61 Å². The van der Waals surface area contributed by atoms with Gasteiger partial charge in [-0.1, -0.05) is 64.7 Å². The number of aliphatic hydroxyl groups excluding tert-OH is 1. The largest absolute Gasteiger partial charge is 0.396 e. The van der Waals surface area contributed by atoms with Gasteiger partial charge in [0, 0.05) is 25.9 Å². The standard InChI is InChI=1S/C22H41NO2/c1-2-21(20-24)18-16-14-12-10-8-6-4-3-5-7-9-11-13-15-17-19-22(23)25/h21,24H,2,4,6-20H2,1H3,(H2,23,25). The minimum Gasteiger partial charge on any atom is -0.396 e. The van der Waals surface area contributed by atoms with E-state index in [0.29, 0.717) is 18.9 Å². The van der Waals surface area contributed by atoms with Gasteiger partial charge in [0.2, 0.25) is 5.91 Å². The van der Waals surface area contributed by atoms with E-state index in [4.69, 9.17) is 10.8 Å². The van der Waals surface area contributed by atoms with E-state index < -0.39 is 0 Å². The second-order valence-corrected chi connectivity index (χ2v) is 7.20. The molecule has 0 fully saturated rings. The third-order valence-corrected chi connectivity index (χ3v) is 4.85. The van der Waals surface area contributed by atoms with Gasteiger partial charge >= 0.3 is 0 Å². The van der Waals surface area contributed by atoms with E-state index in [-0.39, 0.29) is 5.91 Å². The van der Waals surface area contributed by atoms with Crippen LogP contribution in [0, 0.1) is 17.8 Å². The van der Waals surface area contributed by atoms with Crippen LogP contribution in [0.5, 0.6) is 0 Å². The molecule has 0 aromatic carbocycles. The lowest BCUT2D eigenvalue weighted by molar-refractivity contribution is -0.118. The van der Waals surface area contributed by atoms with Gasteiger partial charge in [-0.15, -0.1) is 11.8 Å². The van der Waals surface area contributed by atoms with Crippen LogP contribution in [-0.4, -0.2) is 17.6 Å². The molecule has 1 unspecified atom stereocenters. The Hall–Kier alpha value is -1.01. The summed E-state index contributed by atoms with van der Waals surface area (Å²) in [6.45, 7) is 2.51. The molecule has 3 nitrogen and oxygen atoms in total. The zero-order valence-electron chi connectivity index (χ0n) is 16.5. The molecule has 3 N–H and O–H groups in total. The Morgan fingerprint density at radius 1 is 0.840 bits per heavy atom. The third-order valence-electron chi connectivity index (χ3n) is 4.85. The maximum atomic E-state index is 10.6. The Labute approximate surface area is 156 Å². The molecular formula is C22H41NO2.